The van der Waals surface area contributed by atoms with Gasteiger partial charge >= 0.3 is 12.1 Å². The van der Waals surface area contributed by atoms with E-state index in [2.05, 4.69) is 20.0 Å². The third kappa shape index (κ3) is 4.08. The molecule has 0 unspecified atom stereocenters. The molecule has 0 aromatic carbocycles. The van der Waals surface area contributed by atoms with Crippen molar-refractivity contribution in [3.05, 3.63) is 18.2 Å². The van der Waals surface area contributed by atoms with E-state index >= 15 is 0 Å². The normalized spacial score (nSPS) is 12.7. The summed E-state index contributed by atoms with van der Waals surface area (Å²) >= 11 is 0. The van der Waals surface area contributed by atoms with Crippen molar-refractivity contribution in [1.29, 1.82) is 0 Å². The molecule has 0 aliphatic rings. The Bertz CT molecular complexity index is 408. The second-order valence-electron chi connectivity index (χ2n) is 4.58. The van der Waals surface area contributed by atoms with Gasteiger partial charge in [-0.3, -0.25) is 0 Å². The van der Waals surface area contributed by atoms with Crippen LogP contribution < -0.4 is 5.32 Å². The van der Waals surface area contributed by atoms with E-state index in [1.807, 2.05) is 0 Å². The number of imidazole rings is 1. The molecular weight excluding hydrogens is 238 g/mol. The molecule has 0 aliphatic carbocycles. The van der Waals surface area contributed by atoms with Gasteiger partial charge in [-0.2, -0.15) is 0 Å². The van der Waals surface area contributed by atoms with Gasteiger partial charge in [-0.1, -0.05) is 0 Å². The molecule has 0 spiro atoms. The predicted octanol–water partition coefficient (Wildman–Crippen LogP) is 1.15. The number of nitrogens with zero attached hydrogens (tertiary/aromatic N) is 1. The van der Waals surface area contributed by atoms with Gasteiger partial charge in [-0.15, -0.1) is 0 Å². The number of rotatable bonds is 3. The summed E-state index contributed by atoms with van der Waals surface area (Å²) in [7, 11) is 1.23. The molecule has 7 heteroatoms. The van der Waals surface area contributed by atoms with E-state index in [4.69, 9.17) is 4.74 Å². The maximum absolute atomic E-state index is 11.6. The summed E-state index contributed by atoms with van der Waals surface area (Å²) in [4.78, 5) is 29.8. The first kappa shape index (κ1) is 14.0. The predicted molar refractivity (Wildman–Crippen MR) is 62.7 cm³/mol. The van der Waals surface area contributed by atoms with Crippen molar-refractivity contribution in [2.45, 2.75) is 32.4 Å². The SMILES string of the molecule is COC(=O)[C@@H](NC(=O)OC(C)(C)C)c1ncc[nH]1. The van der Waals surface area contributed by atoms with Gasteiger partial charge in [0.25, 0.3) is 0 Å². The number of aromatic amines is 1. The number of aromatic nitrogens is 2. The molecule has 0 saturated heterocycles. The van der Waals surface area contributed by atoms with Crippen LogP contribution in [0.25, 0.3) is 0 Å². The van der Waals surface area contributed by atoms with E-state index in [1.165, 1.54) is 13.3 Å². The summed E-state index contributed by atoms with van der Waals surface area (Å²) in [5.41, 5.74) is -0.645. The zero-order chi connectivity index (χ0) is 13.8. The minimum atomic E-state index is -1.01. The van der Waals surface area contributed by atoms with Gasteiger partial charge < -0.3 is 19.8 Å². The zero-order valence-electron chi connectivity index (χ0n) is 10.8. The second-order valence-corrected chi connectivity index (χ2v) is 4.58. The number of nitrogens with one attached hydrogen (secondary N) is 2. The average molecular weight is 255 g/mol. The number of esters is 1. The quantitative estimate of drug-likeness (QED) is 0.790. The number of alkyl carbamates (subject to hydrolysis) is 1. The van der Waals surface area contributed by atoms with E-state index in [0.29, 0.717) is 0 Å². The molecular formula is C11H17N3O4. The summed E-state index contributed by atoms with van der Waals surface area (Å²) < 4.78 is 9.66. The van der Waals surface area contributed by atoms with Crippen molar-refractivity contribution in [2.75, 3.05) is 7.11 Å². The number of carbonyl (C=O) groups excluding carboxylic acids is 2. The molecule has 1 atom stereocenters. The van der Waals surface area contributed by atoms with Crippen molar-refractivity contribution >= 4 is 12.1 Å². The lowest BCUT2D eigenvalue weighted by Gasteiger charge is -2.21. The number of H-pyrrole nitrogens is 1. The Labute approximate surface area is 105 Å². The van der Waals surface area contributed by atoms with Crippen molar-refractivity contribution in [2.24, 2.45) is 0 Å². The molecule has 18 heavy (non-hydrogen) atoms. The fourth-order valence-electron chi connectivity index (χ4n) is 1.22. The van der Waals surface area contributed by atoms with Gasteiger partial charge in [0.1, 0.15) is 11.4 Å². The maximum atomic E-state index is 11.6. The number of methoxy groups -OCH3 is 1. The van der Waals surface area contributed by atoms with Crippen LogP contribution in [0.1, 0.15) is 32.6 Å². The first-order valence-corrected chi connectivity index (χ1v) is 5.40. The number of amides is 1. The van der Waals surface area contributed by atoms with E-state index in [0.717, 1.165) is 0 Å². The minimum Gasteiger partial charge on any atom is -0.467 e. The van der Waals surface area contributed by atoms with E-state index < -0.39 is 23.7 Å². The molecule has 7 nitrogen and oxygen atoms in total. The average Bonchev–Trinajstić information content (AvgIpc) is 2.75. The topological polar surface area (TPSA) is 93.3 Å². The summed E-state index contributed by atoms with van der Waals surface area (Å²) in [5.74, 6) is -0.344. The molecule has 2 N–H and O–H groups in total. The Morgan fingerprint density at radius 2 is 2.11 bits per heavy atom. The van der Waals surface area contributed by atoms with Gasteiger partial charge in [-0.05, 0) is 20.8 Å². The van der Waals surface area contributed by atoms with Crippen LogP contribution in [-0.4, -0.2) is 34.7 Å². The van der Waals surface area contributed by atoms with Crippen molar-refractivity contribution in [3.63, 3.8) is 0 Å². The van der Waals surface area contributed by atoms with Gasteiger partial charge in [0.05, 0.1) is 7.11 Å². The van der Waals surface area contributed by atoms with Crippen molar-refractivity contribution in [3.8, 4) is 0 Å². The highest BCUT2D eigenvalue weighted by Gasteiger charge is 2.28. The molecule has 100 valence electrons. The molecule has 1 aromatic rings. The third-order valence-corrected chi connectivity index (χ3v) is 1.89. The maximum Gasteiger partial charge on any atom is 0.408 e. The van der Waals surface area contributed by atoms with Crippen LogP contribution in [0.4, 0.5) is 4.79 Å². The number of hydrogen-bond donors (Lipinski definition) is 2. The summed E-state index contributed by atoms with van der Waals surface area (Å²) in [6.45, 7) is 5.19. The van der Waals surface area contributed by atoms with Gasteiger partial charge in [-0.25, -0.2) is 14.6 Å². The zero-order valence-corrected chi connectivity index (χ0v) is 10.8. The fraction of sp³-hybridized carbons (Fsp3) is 0.545. The summed E-state index contributed by atoms with van der Waals surface area (Å²) in [5, 5.41) is 2.40. The molecule has 1 rings (SSSR count). The Kier molecular flexibility index (Phi) is 4.30. The minimum absolute atomic E-state index is 0.285. The Morgan fingerprint density at radius 1 is 1.44 bits per heavy atom. The Balaban J connectivity index is 2.75. The van der Waals surface area contributed by atoms with Crippen LogP contribution in [0, 0.1) is 0 Å². The van der Waals surface area contributed by atoms with E-state index in [-0.39, 0.29) is 5.82 Å². The highest BCUT2D eigenvalue weighted by molar-refractivity contribution is 5.81. The molecule has 0 radical (unpaired) electrons. The number of hydrogen-bond acceptors (Lipinski definition) is 5. The van der Waals surface area contributed by atoms with E-state index in [9.17, 15) is 9.59 Å². The van der Waals surface area contributed by atoms with Gasteiger partial charge in [0.15, 0.2) is 6.04 Å². The lowest BCUT2D eigenvalue weighted by Crippen LogP contribution is -2.39. The smallest absolute Gasteiger partial charge is 0.408 e. The molecule has 0 fully saturated rings. The van der Waals surface area contributed by atoms with Crippen molar-refractivity contribution < 1.29 is 19.1 Å². The fourth-order valence-corrected chi connectivity index (χ4v) is 1.22. The lowest BCUT2D eigenvalue weighted by molar-refractivity contribution is -0.143. The van der Waals surface area contributed by atoms with Crippen LogP contribution in [-0.2, 0) is 14.3 Å². The summed E-state index contributed by atoms with van der Waals surface area (Å²) in [6, 6.07) is -1.01. The van der Waals surface area contributed by atoms with Crippen LogP contribution >= 0.6 is 0 Å². The molecule has 1 amide bonds. The lowest BCUT2D eigenvalue weighted by atomic mass is 10.2. The van der Waals surface area contributed by atoms with Crippen LogP contribution in [0.2, 0.25) is 0 Å². The molecule has 0 aliphatic heterocycles. The van der Waals surface area contributed by atoms with Crippen LogP contribution in [0.3, 0.4) is 0 Å². The van der Waals surface area contributed by atoms with Crippen LogP contribution in [0.15, 0.2) is 12.4 Å². The molecule has 1 heterocycles. The molecule has 1 aromatic heterocycles. The highest BCUT2D eigenvalue weighted by Crippen LogP contribution is 2.12. The Morgan fingerprint density at radius 3 is 2.56 bits per heavy atom. The first-order valence-electron chi connectivity index (χ1n) is 5.40. The Hall–Kier alpha value is -2.05. The monoisotopic (exact) mass is 255 g/mol. The highest BCUT2D eigenvalue weighted by atomic mass is 16.6. The van der Waals surface area contributed by atoms with Crippen molar-refractivity contribution in [1.82, 2.24) is 15.3 Å². The van der Waals surface area contributed by atoms with E-state index in [1.54, 1.807) is 27.0 Å². The second kappa shape index (κ2) is 5.52. The molecule has 0 bridgehead atoms. The standard InChI is InChI=1S/C11H17N3O4/c1-11(2,3)18-10(16)14-7(9(15)17-4)8-12-5-6-13-8/h5-7H,1-4H3,(H,12,13)(H,14,16)/t7-/m0/s1. The third-order valence-electron chi connectivity index (χ3n) is 1.89. The summed E-state index contributed by atoms with van der Waals surface area (Å²) in [6.07, 6.45) is 2.30. The number of ether oxygens (including phenoxy) is 2. The number of carbonyl (C=O) groups is 2. The largest absolute Gasteiger partial charge is 0.467 e. The molecule has 0 saturated carbocycles. The van der Waals surface area contributed by atoms with Gasteiger partial charge in [0.2, 0.25) is 0 Å². The van der Waals surface area contributed by atoms with Crippen LogP contribution in [0.5, 0.6) is 0 Å². The van der Waals surface area contributed by atoms with Gasteiger partial charge in [0, 0.05) is 12.4 Å². The first-order chi connectivity index (χ1) is 8.33.